The van der Waals surface area contributed by atoms with Gasteiger partial charge in [-0.3, -0.25) is 5.10 Å². The Balaban J connectivity index is 1.83. The molecule has 1 N–H and O–H groups in total. The highest BCUT2D eigenvalue weighted by atomic mass is 32.1. The molecule has 4 rings (SSSR count). The number of hydrogen-bond acceptors (Lipinski definition) is 3. The van der Waals surface area contributed by atoms with Gasteiger partial charge in [0.1, 0.15) is 6.33 Å². The molecule has 3 aliphatic rings. The highest BCUT2D eigenvalue weighted by Crippen LogP contribution is 2.58. The van der Waals surface area contributed by atoms with Crippen LogP contribution in [-0.2, 0) is 0 Å². The number of rotatable bonds is 2. The Morgan fingerprint density at radius 1 is 1.65 bits per heavy atom. The second-order valence-corrected chi connectivity index (χ2v) is 5.88. The SMILES string of the molecule is CC1(C)[C@@H]2CC=C(/C=N\n3cn[nH]c3=S)[C@H]1C2. The molecule has 2 atom stereocenters. The number of aromatic nitrogens is 3. The van der Waals surface area contributed by atoms with Crippen LogP contribution in [0.15, 0.2) is 23.1 Å². The highest BCUT2D eigenvalue weighted by Gasteiger charge is 2.50. The van der Waals surface area contributed by atoms with E-state index < -0.39 is 0 Å². The molecule has 0 aliphatic heterocycles. The van der Waals surface area contributed by atoms with Crippen LogP contribution in [0.2, 0.25) is 0 Å². The van der Waals surface area contributed by atoms with Gasteiger partial charge in [-0.2, -0.15) is 14.9 Å². The van der Waals surface area contributed by atoms with Gasteiger partial charge in [0.2, 0.25) is 4.77 Å². The van der Waals surface area contributed by atoms with Gasteiger partial charge in [-0.25, -0.2) is 0 Å². The number of aromatic amines is 1. The fourth-order valence-corrected chi connectivity index (χ4v) is 3.15. The third-order valence-corrected chi connectivity index (χ3v) is 4.66. The Morgan fingerprint density at radius 3 is 3.06 bits per heavy atom. The monoisotopic (exact) mass is 248 g/mol. The molecule has 0 saturated heterocycles. The van der Waals surface area contributed by atoms with Crippen molar-refractivity contribution in [3.8, 4) is 0 Å². The molecule has 4 nitrogen and oxygen atoms in total. The first-order valence-electron chi connectivity index (χ1n) is 5.95. The van der Waals surface area contributed by atoms with Crippen LogP contribution in [0.25, 0.3) is 0 Å². The number of allylic oxidation sites excluding steroid dienone is 2. The van der Waals surface area contributed by atoms with Crippen molar-refractivity contribution in [3.63, 3.8) is 0 Å². The lowest BCUT2D eigenvalue weighted by atomic mass is 9.49. The molecule has 1 aromatic rings. The minimum absolute atomic E-state index is 0.438. The number of hydrogen-bond donors (Lipinski definition) is 1. The summed E-state index contributed by atoms with van der Waals surface area (Å²) in [5, 5.41) is 10.9. The van der Waals surface area contributed by atoms with Gasteiger partial charge >= 0.3 is 0 Å². The maximum Gasteiger partial charge on any atom is 0.216 e. The second kappa shape index (κ2) is 3.63. The lowest BCUT2D eigenvalue weighted by Gasteiger charge is -2.55. The first-order chi connectivity index (χ1) is 8.09. The molecule has 17 heavy (non-hydrogen) atoms. The van der Waals surface area contributed by atoms with Gasteiger partial charge < -0.3 is 0 Å². The normalized spacial score (nSPS) is 30.1. The number of nitrogens with zero attached hydrogens (tertiary/aromatic N) is 3. The number of H-pyrrole nitrogens is 1. The van der Waals surface area contributed by atoms with Gasteiger partial charge in [0.25, 0.3) is 0 Å². The Bertz CT molecular complexity index is 549. The molecule has 90 valence electrons. The molecular formula is C12H16N4S. The van der Waals surface area contributed by atoms with Crippen LogP contribution in [0.4, 0.5) is 0 Å². The first kappa shape index (κ1) is 10.9. The van der Waals surface area contributed by atoms with Crippen LogP contribution >= 0.6 is 12.2 Å². The first-order valence-corrected chi connectivity index (χ1v) is 6.36. The number of nitrogens with one attached hydrogen (secondary N) is 1. The van der Waals surface area contributed by atoms with E-state index in [2.05, 4.69) is 35.2 Å². The van der Waals surface area contributed by atoms with Crippen molar-refractivity contribution in [2.75, 3.05) is 0 Å². The molecule has 1 fully saturated rings. The lowest BCUT2D eigenvalue weighted by molar-refractivity contribution is -0.00126. The van der Waals surface area contributed by atoms with E-state index in [4.69, 9.17) is 12.2 Å². The third-order valence-electron chi connectivity index (χ3n) is 4.38. The Kier molecular flexibility index (Phi) is 2.33. The predicted octanol–water partition coefficient (Wildman–Crippen LogP) is 2.77. The Morgan fingerprint density at radius 2 is 2.47 bits per heavy atom. The van der Waals surface area contributed by atoms with E-state index in [-0.39, 0.29) is 0 Å². The van der Waals surface area contributed by atoms with E-state index in [1.54, 1.807) is 11.0 Å². The fourth-order valence-electron chi connectivity index (χ4n) is 3.00. The molecule has 0 radical (unpaired) electrons. The van der Waals surface area contributed by atoms with E-state index in [9.17, 15) is 0 Å². The molecule has 1 aromatic heterocycles. The van der Waals surface area contributed by atoms with E-state index >= 15 is 0 Å². The largest absolute Gasteiger partial charge is 0.250 e. The molecule has 0 aromatic carbocycles. The highest BCUT2D eigenvalue weighted by molar-refractivity contribution is 7.71. The van der Waals surface area contributed by atoms with Gasteiger partial charge in [-0.15, -0.1) is 0 Å². The summed E-state index contributed by atoms with van der Waals surface area (Å²) in [6, 6.07) is 0. The Labute approximate surface area is 105 Å². The molecule has 0 amide bonds. The maximum atomic E-state index is 5.05. The van der Waals surface area contributed by atoms with Gasteiger partial charge in [-0.1, -0.05) is 19.9 Å². The Hall–Kier alpha value is -1.23. The van der Waals surface area contributed by atoms with Crippen LogP contribution in [-0.4, -0.2) is 21.1 Å². The van der Waals surface area contributed by atoms with Crippen LogP contribution < -0.4 is 0 Å². The minimum atomic E-state index is 0.438. The maximum absolute atomic E-state index is 5.05. The van der Waals surface area contributed by atoms with Crippen molar-refractivity contribution >= 4 is 18.4 Å². The molecule has 0 unspecified atom stereocenters. The third kappa shape index (κ3) is 1.60. The quantitative estimate of drug-likeness (QED) is 0.646. The lowest BCUT2D eigenvalue weighted by Crippen LogP contribution is -2.48. The zero-order valence-corrected chi connectivity index (χ0v) is 10.9. The molecule has 1 heterocycles. The second-order valence-electron chi connectivity index (χ2n) is 5.50. The van der Waals surface area contributed by atoms with Crippen LogP contribution in [0, 0.1) is 22.0 Å². The summed E-state index contributed by atoms with van der Waals surface area (Å²) in [5.41, 5.74) is 1.79. The summed E-state index contributed by atoms with van der Waals surface area (Å²) < 4.78 is 2.12. The molecule has 1 saturated carbocycles. The molecular weight excluding hydrogens is 232 g/mol. The van der Waals surface area contributed by atoms with Crippen molar-refractivity contribution < 1.29 is 0 Å². The van der Waals surface area contributed by atoms with E-state index in [1.807, 2.05) is 6.21 Å². The molecule has 5 heteroatoms. The van der Waals surface area contributed by atoms with E-state index in [0.29, 0.717) is 16.1 Å². The van der Waals surface area contributed by atoms with Gasteiger partial charge in [-0.05, 0) is 47.9 Å². The topological polar surface area (TPSA) is 46.0 Å². The average molecular weight is 248 g/mol. The van der Waals surface area contributed by atoms with Crippen molar-refractivity contribution in [3.05, 3.63) is 22.7 Å². The molecule has 0 spiro atoms. The van der Waals surface area contributed by atoms with Gasteiger partial charge in [0, 0.05) is 0 Å². The summed E-state index contributed by atoms with van der Waals surface area (Å²) in [6.45, 7) is 4.71. The summed E-state index contributed by atoms with van der Waals surface area (Å²) in [4.78, 5) is 0. The average Bonchev–Trinajstić information content (AvgIpc) is 2.72. The summed E-state index contributed by atoms with van der Waals surface area (Å²) in [5.74, 6) is 1.52. The zero-order valence-electron chi connectivity index (χ0n) is 10.1. The van der Waals surface area contributed by atoms with Crippen LogP contribution in [0.3, 0.4) is 0 Å². The van der Waals surface area contributed by atoms with E-state index in [1.165, 1.54) is 18.4 Å². The van der Waals surface area contributed by atoms with Gasteiger partial charge in [0.15, 0.2) is 0 Å². The predicted molar refractivity (Wildman–Crippen MR) is 69.4 cm³/mol. The van der Waals surface area contributed by atoms with Gasteiger partial charge in [0.05, 0.1) is 6.21 Å². The standard InChI is InChI=1S/C12H16N4S/c1-12(2)9-4-3-8(10(12)5-9)6-14-16-7-13-15-11(16)17/h3,6-7,9-10H,4-5H2,1-2H3,(H,15,17)/b14-6-/t9-,10-/m1/s1. The van der Waals surface area contributed by atoms with Crippen molar-refractivity contribution in [2.45, 2.75) is 26.7 Å². The zero-order chi connectivity index (χ0) is 12.0. The summed E-state index contributed by atoms with van der Waals surface area (Å²) in [7, 11) is 0. The fraction of sp³-hybridized carbons (Fsp3) is 0.583. The summed E-state index contributed by atoms with van der Waals surface area (Å²) >= 11 is 5.05. The van der Waals surface area contributed by atoms with E-state index in [0.717, 1.165) is 5.92 Å². The van der Waals surface area contributed by atoms with Crippen LogP contribution in [0.1, 0.15) is 26.7 Å². The number of fused-ring (bicyclic) bond motifs is 1. The van der Waals surface area contributed by atoms with Crippen molar-refractivity contribution in [2.24, 2.45) is 22.4 Å². The minimum Gasteiger partial charge on any atom is -0.250 e. The van der Waals surface area contributed by atoms with Crippen molar-refractivity contribution in [1.29, 1.82) is 0 Å². The summed E-state index contributed by atoms with van der Waals surface area (Å²) in [6.07, 6.45) is 8.34. The smallest absolute Gasteiger partial charge is 0.216 e. The molecule has 3 aliphatic carbocycles. The van der Waals surface area contributed by atoms with Crippen LogP contribution in [0.5, 0.6) is 0 Å². The van der Waals surface area contributed by atoms with Crippen molar-refractivity contribution in [1.82, 2.24) is 14.9 Å². The molecule has 2 bridgehead atoms.